The van der Waals surface area contributed by atoms with Gasteiger partial charge >= 0.3 is 11.9 Å². The Balaban J connectivity index is 2.34. The SMILES string of the molecule is COC(=O)c1cc(/C=C/c2ccc(OC)cc2)cc(C(=O)OC)n1. The molecule has 0 N–H and O–H groups in total. The highest BCUT2D eigenvalue weighted by Gasteiger charge is 2.14. The Morgan fingerprint density at radius 3 is 1.79 bits per heavy atom. The van der Waals surface area contributed by atoms with E-state index in [2.05, 4.69) is 14.5 Å². The maximum Gasteiger partial charge on any atom is 0.356 e. The van der Waals surface area contributed by atoms with Crippen molar-refractivity contribution >= 4 is 24.1 Å². The van der Waals surface area contributed by atoms with Crippen LogP contribution in [0.1, 0.15) is 32.1 Å². The quantitative estimate of drug-likeness (QED) is 0.786. The van der Waals surface area contributed by atoms with E-state index in [0.29, 0.717) is 5.56 Å². The Morgan fingerprint density at radius 2 is 1.33 bits per heavy atom. The highest BCUT2D eigenvalue weighted by Crippen LogP contribution is 2.15. The summed E-state index contributed by atoms with van der Waals surface area (Å²) in [5, 5.41) is 0. The smallest absolute Gasteiger partial charge is 0.356 e. The third-order valence-corrected chi connectivity index (χ3v) is 3.22. The summed E-state index contributed by atoms with van der Waals surface area (Å²) >= 11 is 0. The molecule has 1 heterocycles. The number of pyridine rings is 1. The van der Waals surface area contributed by atoms with Crippen molar-refractivity contribution in [3.63, 3.8) is 0 Å². The second kappa shape index (κ2) is 7.92. The van der Waals surface area contributed by atoms with Crippen LogP contribution in [0.2, 0.25) is 0 Å². The van der Waals surface area contributed by atoms with Gasteiger partial charge in [0.1, 0.15) is 17.1 Å². The minimum Gasteiger partial charge on any atom is -0.497 e. The number of ether oxygens (including phenoxy) is 3. The minimum absolute atomic E-state index is 0.0368. The van der Waals surface area contributed by atoms with Crippen molar-refractivity contribution in [2.75, 3.05) is 21.3 Å². The predicted molar refractivity (Wildman–Crippen MR) is 88.8 cm³/mol. The van der Waals surface area contributed by atoms with E-state index in [1.54, 1.807) is 13.2 Å². The molecule has 0 amide bonds. The fourth-order valence-electron chi connectivity index (χ4n) is 1.97. The molecule has 6 heteroatoms. The monoisotopic (exact) mass is 327 g/mol. The van der Waals surface area contributed by atoms with E-state index in [9.17, 15) is 9.59 Å². The molecule has 0 unspecified atom stereocenters. The summed E-state index contributed by atoms with van der Waals surface area (Å²) in [6, 6.07) is 10.5. The summed E-state index contributed by atoms with van der Waals surface area (Å²) < 4.78 is 14.4. The van der Waals surface area contributed by atoms with Crippen LogP contribution < -0.4 is 4.74 Å². The van der Waals surface area contributed by atoms with Gasteiger partial charge in [0.15, 0.2) is 0 Å². The van der Waals surface area contributed by atoms with Crippen LogP contribution in [-0.2, 0) is 9.47 Å². The second-order valence-corrected chi connectivity index (χ2v) is 4.76. The number of aromatic nitrogens is 1. The van der Waals surface area contributed by atoms with Crippen molar-refractivity contribution in [3.8, 4) is 5.75 Å². The third kappa shape index (κ3) is 4.19. The van der Waals surface area contributed by atoms with Gasteiger partial charge in [-0.2, -0.15) is 0 Å². The normalized spacial score (nSPS) is 10.5. The lowest BCUT2D eigenvalue weighted by molar-refractivity contribution is 0.0585. The number of hydrogen-bond donors (Lipinski definition) is 0. The summed E-state index contributed by atoms with van der Waals surface area (Å²) in [5.74, 6) is -0.489. The van der Waals surface area contributed by atoms with Gasteiger partial charge in [-0.1, -0.05) is 24.3 Å². The number of methoxy groups -OCH3 is 3. The van der Waals surface area contributed by atoms with Crippen LogP contribution in [0, 0.1) is 0 Å². The lowest BCUT2D eigenvalue weighted by Gasteiger charge is -2.04. The second-order valence-electron chi connectivity index (χ2n) is 4.76. The molecule has 6 nitrogen and oxygen atoms in total. The molecule has 1 aromatic carbocycles. The first kappa shape index (κ1) is 17.2. The molecule has 24 heavy (non-hydrogen) atoms. The molecule has 0 fully saturated rings. The van der Waals surface area contributed by atoms with Crippen LogP contribution in [0.3, 0.4) is 0 Å². The number of nitrogens with zero attached hydrogens (tertiary/aromatic N) is 1. The summed E-state index contributed by atoms with van der Waals surface area (Å²) in [5.41, 5.74) is 1.64. The maximum absolute atomic E-state index is 11.7. The van der Waals surface area contributed by atoms with Crippen LogP contribution in [0.5, 0.6) is 5.75 Å². The molecular weight excluding hydrogens is 310 g/mol. The van der Waals surface area contributed by atoms with E-state index in [-0.39, 0.29) is 11.4 Å². The standard InChI is InChI=1S/C18H17NO5/c1-22-14-8-6-12(7-9-14)4-5-13-10-15(17(20)23-2)19-16(11-13)18(21)24-3/h4-11H,1-3H3/b5-4+. The number of carbonyl (C=O) groups is 2. The number of hydrogen-bond acceptors (Lipinski definition) is 6. The van der Waals surface area contributed by atoms with Crippen LogP contribution in [0.15, 0.2) is 36.4 Å². The highest BCUT2D eigenvalue weighted by atomic mass is 16.5. The fourth-order valence-corrected chi connectivity index (χ4v) is 1.97. The molecule has 0 radical (unpaired) electrons. The summed E-state index contributed by atoms with van der Waals surface area (Å²) in [6.45, 7) is 0. The number of esters is 2. The molecule has 0 atom stereocenters. The summed E-state index contributed by atoms with van der Waals surface area (Å²) in [6.07, 6.45) is 3.61. The topological polar surface area (TPSA) is 74.7 Å². The van der Waals surface area contributed by atoms with E-state index in [4.69, 9.17) is 4.74 Å². The first-order chi connectivity index (χ1) is 11.6. The average molecular weight is 327 g/mol. The van der Waals surface area contributed by atoms with E-state index < -0.39 is 11.9 Å². The minimum atomic E-state index is -0.625. The number of rotatable bonds is 5. The molecule has 1 aromatic heterocycles. The van der Waals surface area contributed by atoms with Crippen LogP contribution in [-0.4, -0.2) is 38.3 Å². The molecule has 0 bridgehead atoms. The van der Waals surface area contributed by atoms with Crippen molar-refractivity contribution in [2.45, 2.75) is 0 Å². The lowest BCUT2D eigenvalue weighted by atomic mass is 10.1. The zero-order valence-electron chi connectivity index (χ0n) is 13.6. The van der Waals surface area contributed by atoms with Gasteiger partial charge in [0.05, 0.1) is 21.3 Å². The highest BCUT2D eigenvalue weighted by molar-refractivity contribution is 5.93. The van der Waals surface area contributed by atoms with Gasteiger partial charge in [-0.05, 0) is 35.4 Å². The molecule has 0 aliphatic rings. The molecule has 124 valence electrons. The molecular formula is C18H17NO5. The Bertz CT molecular complexity index is 731. The van der Waals surface area contributed by atoms with Gasteiger partial charge in [-0.15, -0.1) is 0 Å². The van der Waals surface area contributed by atoms with Crippen LogP contribution in [0.25, 0.3) is 12.2 Å². The lowest BCUT2D eigenvalue weighted by Crippen LogP contribution is -2.11. The number of benzene rings is 1. The van der Waals surface area contributed by atoms with Gasteiger partial charge in [0.2, 0.25) is 0 Å². The van der Waals surface area contributed by atoms with E-state index >= 15 is 0 Å². The van der Waals surface area contributed by atoms with Crippen molar-refractivity contribution in [3.05, 3.63) is 58.9 Å². The Kier molecular flexibility index (Phi) is 5.68. The van der Waals surface area contributed by atoms with E-state index in [1.807, 2.05) is 30.3 Å². The summed E-state index contributed by atoms with van der Waals surface area (Å²) in [4.78, 5) is 27.4. The zero-order valence-corrected chi connectivity index (χ0v) is 13.6. The Morgan fingerprint density at radius 1 is 0.833 bits per heavy atom. The Hall–Kier alpha value is -3.15. The van der Waals surface area contributed by atoms with Crippen LogP contribution >= 0.6 is 0 Å². The van der Waals surface area contributed by atoms with E-state index in [0.717, 1.165) is 11.3 Å². The molecule has 0 aliphatic carbocycles. The molecule has 2 rings (SSSR count). The van der Waals surface area contributed by atoms with Gasteiger partial charge in [-0.3, -0.25) is 0 Å². The molecule has 0 saturated heterocycles. The van der Waals surface area contributed by atoms with Gasteiger partial charge in [0, 0.05) is 0 Å². The Labute approximate surface area is 139 Å². The van der Waals surface area contributed by atoms with Crippen LogP contribution in [0.4, 0.5) is 0 Å². The van der Waals surface area contributed by atoms with Crippen molar-refractivity contribution in [2.24, 2.45) is 0 Å². The molecule has 2 aromatic rings. The average Bonchev–Trinajstić information content (AvgIpc) is 2.65. The van der Waals surface area contributed by atoms with Gasteiger partial charge in [-0.25, -0.2) is 14.6 Å². The zero-order chi connectivity index (χ0) is 17.5. The van der Waals surface area contributed by atoms with Gasteiger partial charge in [0.25, 0.3) is 0 Å². The third-order valence-electron chi connectivity index (χ3n) is 3.22. The van der Waals surface area contributed by atoms with Crippen molar-refractivity contribution < 1.29 is 23.8 Å². The molecule has 0 aliphatic heterocycles. The first-order valence-electron chi connectivity index (χ1n) is 7.08. The molecule has 0 saturated carbocycles. The summed E-state index contributed by atoms with van der Waals surface area (Å²) in [7, 11) is 4.11. The first-order valence-corrected chi connectivity index (χ1v) is 7.08. The maximum atomic E-state index is 11.7. The largest absolute Gasteiger partial charge is 0.497 e. The molecule has 0 spiro atoms. The van der Waals surface area contributed by atoms with Gasteiger partial charge < -0.3 is 14.2 Å². The van der Waals surface area contributed by atoms with E-state index in [1.165, 1.54) is 26.4 Å². The van der Waals surface area contributed by atoms with Crippen molar-refractivity contribution in [1.82, 2.24) is 4.98 Å². The fraction of sp³-hybridized carbons (Fsp3) is 0.167. The predicted octanol–water partition coefficient (Wildman–Crippen LogP) is 2.83. The van der Waals surface area contributed by atoms with Crippen molar-refractivity contribution in [1.29, 1.82) is 0 Å². The number of carbonyl (C=O) groups excluding carboxylic acids is 2.